The van der Waals surface area contributed by atoms with Gasteiger partial charge in [-0.3, -0.25) is 14.4 Å². The molecule has 3 aliphatic rings. The molecule has 1 unspecified atom stereocenters. The summed E-state index contributed by atoms with van der Waals surface area (Å²) in [5, 5.41) is 12.2. The average Bonchev–Trinajstić information content (AvgIpc) is 3.68. The first-order valence-corrected chi connectivity index (χ1v) is 20.1. The molecule has 0 spiro atoms. The summed E-state index contributed by atoms with van der Waals surface area (Å²) in [5.74, 6) is -4.35. The third-order valence-electron chi connectivity index (χ3n) is 12.6. The summed E-state index contributed by atoms with van der Waals surface area (Å²) in [6, 6.07) is 5.25. The Morgan fingerprint density at radius 3 is 2.35 bits per heavy atom. The molecule has 2 aromatic rings. The van der Waals surface area contributed by atoms with Crippen LogP contribution < -0.4 is 0 Å². The van der Waals surface area contributed by atoms with E-state index in [1.165, 1.54) is 0 Å². The van der Waals surface area contributed by atoms with E-state index in [-0.39, 0.29) is 23.6 Å². The van der Waals surface area contributed by atoms with Crippen LogP contribution in [0.5, 0.6) is 0 Å². The van der Waals surface area contributed by atoms with Crippen molar-refractivity contribution in [2.45, 2.75) is 157 Å². The van der Waals surface area contributed by atoms with E-state index >= 15 is 0 Å². The molecule has 5 rings (SSSR count). The second-order valence-corrected chi connectivity index (χ2v) is 17.1. The lowest BCUT2D eigenvalue weighted by molar-refractivity contribution is -0.284. The Bertz CT molecular complexity index is 1660. The third-order valence-corrected chi connectivity index (χ3v) is 12.6. The minimum absolute atomic E-state index is 0.0559. The topological polar surface area (TPSA) is 146 Å². The van der Waals surface area contributed by atoms with Crippen molar-refractivity contribution < 1.29 is 43.2 Å². The van der Waals surface area contributed by atoms with Crippen LogP contribution in [0.3, 0.4) is 0 Å². The van der Waals surface area contributed by atoms with Crippen molar-refractivity contribution in [3.8, 4) is 0 Å². The molecule has 0 saturated carbocycles. The minimum atomic E-state index is -1.31. The molecule has 1 N–H and O–H groups in total. The van der Waals surface area contributed by atoms with Crippen LogP contribution in [0, 0.1) is 35.0 Å². The molecule has 3 aliphatic heterocycles. The highest BCUT2D eigenvalue weighted by Gasteiger charge is 2.61. The van der Waals surface area contributed by atoms with Gasteiger partial charge in [0.1, 0.15) is 29.6 Å². The summed E-state index contributed by atoms with van der Waals surface area (Å²) in [5.41, 5.74) is -1.19. The first kappa shape index (κ1) is 41.8. The molecule has 12 heteroatoms. The Morgan fingerprint density at radius 2 is 1.67 bits per heavy atom. The molecule has 300 valence electrons. The van der Waals surface area contributed by atoms with Gasteiger partial charge in [-0.1, -0.05) is 55.4 Å². The van der Waals surface area contributed by atoms with E-state index in [0.717, 1.165) is 17.5 Å². The summed E-state index contributed by atoms with van der Waals surface area (Å²) < 4.78 is 27.2. The number of carbonyl (C=O) groups excluding carboxylic acids is 4. The van der Waals surface area contributed by atoms with E-state index in [1.807, 2.05) is 79.8 Å². The van der Waals surface area contributed by atoms with Crippen LogP contribution in [-0.2, 0) is 39.9 Å². The van der Waals surface area contributed by atoms with Crippen molar-refractivity contribution in [2.24, 2.45) is 35.0 Å². The molecule has 3 fully saturated rings. The highest BCUT2D eigenvalue weighted by Crippen LogP contribution is 2.45. The number of ketones is 2. The molecule has 1 amide bonds. The standard InChI is InChI=1S/C42H63N3O9/c1-11-31-42(12-2)35(45(40(50)54-42)20-14-13-19-44-21-17-30-16-15-18-43-37(30)44)27(6)32(46)25(4)23-41(9,10)36(28(7)34(48)29(8)38(49)52-31)53-39-33(47)24(3)22-26(5)51-39/h15-18,21,24-29,31,33,35-36,39,47H,11-14,19-20,22-23H2,1-10H3/t24-,25+,26+,27-,28-,29+,31+,33+,35+,36+,39?,42+/m0/s1. The third kappa shape index (κ3) is 8.12. The van der Waals surface area contributed by atoms with Gasteiger partial charge in [0, 0.05) is 48.6 Å². The largest absolute Gasteiger partial charge is 0.457 e. The molecular formula is C42H63N3O9. The maximum Gasteiger partial charge on any atom is 0.410 e. The Kier molecular flexibility index (Phi) is 13.0. The maximum absolute atomic E-state index is 14.7. The van der Waals surface area contributed by atoms with Gasteiger partial charge in [0.25, 0.3) is 0 Å². The molecule has 12 nitrogen and oxygen atoms in total. The number of aromatic nitrogens is 2. The number of aryl methyl sites for hydroxylation is 1. The van der Waals surface area contributed by atoms with E-state index in [2.05, 4.69) is 9.55 Å². The second kappa shape index (κ2) is 16.8. The Balaban J connectivity index is 1.46. The fourth-order valence-electron chi connectivity index (χ4n) is 9.69. The van der Waals surface area contributed by atoms with E-state index in [9.17, 15) is 24.3 Å². The molecule has 54 heavy (non-hydrogen) atoms. The Hall–Kier alpha value is -3.35. The predicted molar refractivity (Wildman–Crippen MR) is 203 cm³/mol. The van der Waals surface area contributed by atoms with Crippen molar-refractivity contribution >= 4 is 34.7 Å². The zero-order chi connectivity index (χ0) is 39.7. The summed E-state index contributed by atoms with van der Waals surface area (Å²) >= 11 is 0. The molecule has 5 heterocycles. The first-order valence-electron chi connectivity index (χ1n) is 20.1. The smallest absolute Gasteiger partial charge is 0.410 e. The number of Topliss-reactive ketones (excluding diaryl/α,β-unsaturated/α-hetero) is 2. The molecule has 2 aromatic heterocycles. The Morgan fingerprint density at radius 1 is 0.963 bits per heavy atom. The lowest BCUT2D eigenvalue weighted by Gasteiger charge is -2.46. The van der Waals surface area contributed by atoms with Crippen molar-refractivity contribution in [3.05, 3.63) is 30.6 Å². The van der Waals surface area contributed by atoms with E-state index in [4.69, 9.17) is 18.9 Å². The quantitative estimate of drug-likeness (QED) is 0.166. The van der Waals surface area contributed by atoms with Gasteiger partial charge in [-0.2, -0.15) is 0 Å². The van der Waals surface area contributed by atoms with Gasteiger partial charge >= 0.3 is 12.1 Å². The molecular weight excluding hydrogens is 690 g/mol. The van der Waals surface area contributed by atoms with Gasteiger partial charge in [-0.05, 0) is 81.9 Å². The zero-order valence-electron chi connectivity index (χ0n) is 33.9. The number of unbranched alkanes of at least 4 members (excludes halogenated alkanes) is 1. The van der Waals surface area contributed by atoms with E-state index in [0.29, 0.717) is 45.2 Å². The monoisotopic (exact) mass is 753 g/mol. The maximum atomic E-state index is 14.7. The van der Waals surface area contributed by atoms with Crippen LogP contribution in [0.4, 0.5) is 4.79 Å². The normalized spacial score (nSPS) is 36.8. The molecule has 0 aromatic carbocycles. The van der Waals surface area contributed by atoms with Gasteiger partial charge in [-0.15, -0.1) is 0 Å². The predicted octanol–water partition coefficient (Wildman–Crippen LogP) is 6.74. The summed E-state index contributed by atoms with van der Waals surface area (Å²) in [6.45, 7) is 19.6. The number of pyridine rings is 1. The molecule has 0 aliphatic carbocycles. The highest BCUT2D eigenvalue weighted by molar-refractivity contribution is 6.00. The number of cyclic esters (lactones) is 1. The van der Waals surface area contributed by atoms with Gasteiger partial charge < -0.3 is 33.5 Å². The van der Waals surface area contributed by atoms with Crippen LogP contribution >= 0.6 is 0 Å². The van der Waals surface area contributed by atoms with Crippen molar-refractivity contribution in [3.63, 3.8) is 0 Å². The first-order chi connectivity index (χ1) is 25.5. The van der Waals surface area contributed by atoms with Gasteiger partial charge in [0.2, 0.25) is 0 Å². The van der Waals surface area contributed by atoms with Gasteiger partial charge in [0.05, 0.1) is 18.2 Å². The number of fused-ring (bicyclic) bond motifs is 2. The average molecular weight is 754 g/mol. The van der Waals surface area contributed by atoms with Crippen LogP contribution in [0.2, 0.25) is 0 Å². The number of carbonyl (C=O) groups is 4. The molecule has 12 atom stereocenters. The number of hydrogen-bond donors (Lipinski definition) is 1. The lowest BCUT2D eigenvalue weighted by Crippen LogP contribution is -2.59. The number of hydrogen-bond acceptors (Lipinski definition) is 10. The fourth-order valence-corrected chi connectivity index (χ4v) is 9.69. The van der Waals surface area contributed by atoms with Crippen molar-refractivity contribution in [1.29, 1.82) is 0 Å². The summed E-state index contributed by atoms with van der Waals surface area (Å²) in [6.07, 6.45) is 2.52. The SMILES string of the molecule is CC[C@H]1OC(=O)[C@H](C)C(=O)[C@H](C)[C@@H](OC2O[C@H](C)C[C@H](C)[C@H]2O)C(C)(C)C[C@@H](C)C(=O)[C@H](C)[C@H]2N(CCCCn3ccc4cccnc43)C(=O)O[C@]12CC. The number of esters is 1. The van der Waals surface area contributed by atoms with Crippen LogP contribution in [0.15, 0.2) is 30.6 Å². The number of nitrogens with zero attached hydrogens (tertiary/aromatic N) is 3. The number of aliphatic hydroxyl groups is 1. The number of aliphatic hydroxyl groups excluding tert-OH is 1. The van der Waals surface area contributed by atoms with Crippen molar-refractivity contribution in [2.75, 3.05) is 6.54 Å². The fraction of sp³-hybridized carbons (Fsp3) is 0.738. The summed E-state index contributed by atoms with van der Waals surface area (Å²) in [4.78, 5) is 62.9. The second-order valence-electron chi connectivity index (χ2n) is 17.1. The zero-order valence-corrected chi connectivity index (χ0v) is 33.9. The molecule has 3 saturated heterocycles. The number of amides is 1. The highest BCUT2D eigenvalue weighted by atomic mass is 16.7. The molecule has 0 bridgehead atoms. The van der Waals surface area contributed by atoms with Crippen LogP contribution in [0.1, 0.15) is 108 Å². The van der Waals surface area contributed by atoms with Crippen LogP contribution in [0.25, 0.3) is 11.0 Å². The van der Waals surface area contributed by atoms with Crippen molar-refractivity contribution in [1.82, 2.24) is 14.5 Å². The number of rotatable bonds is 9. The van der Waals surface area contributed by atoms with Crippen LogP contribution in [-0.4, -0.2) is 92.1 Å². The van der Waals surface area contributed by atoms with E-state index < -0.39 is 77.4 Å². The lowest BCUT2D eigenvalue weighted by atomic mass is 9.68. The number of ether oxygens (including phenoxy) is 4. The minimum Gasteiger partial charge on any atom is -0.457 e. The van der Waals surface area contributed by atoms with Gasteiger partial charge in [0.15, 0.2) is 17.7 Å². The summed E-state index contributed by atoms with van der Waals surface area (Å²) in [7, 11) is 0. The van der Waals surface area contributed by atoms with E-state index in [1.54, 1.807) is 24.9 Å². The van der Waals surface area contributed by atoms with Gasteiger partial charge in [-0.25, -0.2) is 9.78 Å². The molecule has 0 radical (unpaired) electrons. The Labute approximate surface area is 320 Å².